The van der Waals surface area contributed by atoms with Crippen LogP contribution in [0.2, 0.25) is 0 Å². The van der Waals surface area contributed by atoms with Crippen LogP contribution in [-0.2, 0) is 14.3 Å². The lowest BCUT2D eigenvalue weighted by Gasteiger charge is -2.23. The highest BCUT2D eigenvalue weighted by Crippen LogP contribution is 2.39. The molecule has 0 spiro atoms. The maximum Gasteiger partial charge on any atom is 0.409 e. The highest BCUT2D eigenvalue weighted by molar-refractivity contribution is 5.80. The van der Waals surface area contributed by atoms with Gasteiger partial charge in [-0.2, -0.15) is 26.3 Å². The molecule has 0 aromatic rings. The van der Waals surface area contributed by atoms with E-state index in [-0.39, 0.29) is 13.2 Å². The van der Waals surface area contributed by atoms with Crippen LogP contribution in [0.4, 0.5) is 26.3 Å². The largest absolute Gasteiger partial charge is 0.409 e. The third kappa shape index (κ3) is 6.42. The van der Waals surface area contributed by atoms with E-state index in [4.69, 9.17) is 9.47 Å². The molecule has 0 saturated heterocycles. The number of amides is 1. The Morgan fingerprint density at radius 1 is 1.00 bits per heavy atom. The predicted octanol–water partition coefficient (Wildman–Crippen LogP) is 2.24. The van der Waals surface area contributed by atoms with E-state index in [0.29, 0.717) is 0 Å². The van der Waals surface area contributed by atoms with Crippen molar-refractivity contribution >= 4 is 5.91 Å². The fourth-order valence-corrected chi connectivity index (χ4v) is 1.31. The Balaban J connectivity index is 4.70. The number of hydrogen-bond acceptors (Lipinski definition) is 3. The van der Waals surface area contributed by atoms with Crippen LogP contribution < -0.4 is 5.32 Å². The molecule has 0 saturated carbocycles. The van der Waals surface area contributed by atoms with E-state index in [9.17, 15) is 31.1 Å². The van der Waals surface area contributed by atoms with Crippen molar-refractivity contribution in [1.29, 1.82) is 0 Å². The summed E-state index contributed by atoms with van der Waals surface area (Å²) < 4.78 is 83.2. The molecule has 10 heteroatoms. The number of nitrogens with one attached hydrogen (secondary N) is 1. The minimum atomic E-state index is -5.71. The molecule has 0 fully saturated rings. The molecule has 0 aromatic heterocycles. The summed E-state index contributed by atoms with van der Waals surface area (Å²) >= 11 is 0. The van der Waals surface area contributed by atoms with E-state index in [2.05, 4.69) is 0 Å². The molecular formula is C10H15F6NO3. The molecule has 120 valence electrons. The second-order valence-electron chi connectivity index (χ2n) is 3.60. The number of carbonyl (C=O) groups is 1. The molecule has 0 heterocycles. The third-order valence-corrected chi connectivity index (χ3v) is 2.06. The first-order chi connectivity index (χ1) is 9.04. The molecule has 0 bridgehead atoms. The molecule has 4 nitrogen and oxygen atoms in total. The van der Waals surface area contributed by atoms with Gasteiger partial charge in [0.15, 0.2) is 6.29 Å². The van der Waals surface area contributed by atoms with Gasteiger partial charge in [-0.05, 0) is 13.8 Å². The maximum absolute atomic E-state index is 12.2. The number of carbonyl (C=O) groups excluding carboxylic acids is 1. The van der Waals surface area contributed by atoms with Gasteiger partial charge < -0.3 is 14.8 Å². The van der Waals surface area contributed by atoms with Crippen LogP contribution in [-0.4, -0.2) is 44.3 Å². The number of ether oxygens (including phenoxy) is 2. The Hall–Kier alpha value is -1.03. The first kappa shape index (κ1) is 19.0. The van der Waals surface area contributed by atoms with Gasteiger partial charge >= 0.3 is 12.4 Å². The zero-order valence-electron chi connectivity index (χ0n) is 10.8. The molecule has 0 atom stereocenters. The standard InChI is InChI=1S/C10H15F6NO3/c1-3-19-6(20-4-2)5-17-8(18)7(9(11,12)13)10(14,15)16/h6-7H,3-5H2,1-2H3,(H,17,18). The molecule has 1 amide bonds. The van der Waals surface area contributed by atoms with Crippen molar-refractivity contribution in [3.63, 3.8) is 0 Å². The monoisotopic (exact) mass is 311 g/mol. The van der Waals surface area contributed by atoms with Crippen LogP contribution >= 0.6 is 0 Å². The van der Waals surface area contributed by atoms with E-state index in [1.54, 1.807) is 13.8 Å². The van der Waals surface area contributed by atoms with Gasteiger partial charge in [0, 0.05) is 13.2 Å². The Labute approximate surface area is 111 Å². The van der Waals surface area contributed by atoms with E-state index < -0.39 is 37.0 Å². The predicted molar refractivity (Wildman–Crippen MR) is 55.6 cm³/mol. The van der Waals surface area contributed by atoms with Crippen molar-refractivity contribution in [3.8, 4) is 0 Å². The van der Waals surface area contributed by atoms with Crippen molar-refractivity contribution < 1.29 is 40.6 Å². The minimum absolute atomic E-state index is 0.127. The lowest BCUT2D eigenvalue weighted by Crippen LogP contribution is -2.49. The third-order valence-electron chi connectivity index (χ3n) is 2.06. The van der Waals surface area contributed by atoms with Crippen LogP contribution in [0.3, 0.4) is 0 Å². The quantitative estimate of drug-likeness (QED) is 0.579. The van der Waals surface area contributed by atoms with E-state index in [1.165, 1.54) is 5.32 Å². The average Bonchev–Trinajstić information content (AvgIpc) is 2.22. The van der Waals surface area contributed by atoms with Crippen LogP contribution in [0.1, 0.15) is 13.8 Å². The van der Waals surface area contributed by atoms with Gasteiger partial charge in [0.25, 0.3) is 0 Å². The zero-order chi connectivity index (χ0) is 16.0. The summed E-state index contributed by atoms with van der Waals surface area (Å²) in [5, 5.41) is 1.54. The van der Waals surface area contributed by atoms with Gasteiger partial charge in [0.1, 0.15) is 0 Å². The van der Waals surface area contributed by atoms with Crippen LogP contribution in [0.5, 0.6) is 0 Å². The molecule has 0 aliphatic rings. The Morgan fingerprint density at radius 3 is 1.70 bits per heavy atom. The van der Waals surface area contributed by atoms with Gasteiger partial charge in [0.05, 0.1) is 6.54 Å². The van der Waals surface area contributed by atoms with E-state index in [0.717, 1.165) is 0 Å². The van der Waals surface area contributed by atoms with Crippen molar-refractivity contribution in [3.05, 3.63) is 0 Å². The molecule has 1 N–H and O–H groups in total. The summed E-state index contributed by atoms with van der Waals surface area (Å²) in [7, 11) is 0. The second-order valence-corrected chi connectivity index (χ2v) is 3.60. The van der Waals surface area contributed by atoms with E-state index >= 15 is 0 Å². The summed E-state index contributed by atoms with van der Waals surface area (Å²) in [5.74, 6) is -6.26. The molecule has 0 unspecified atom stereocenters. The number of hydrogen-bond donors (Lipinski definition) is 1. The van der Waals surface area contributed by atoms with Crippen LogP contribution in [0, 0.1) is 5.92 Å². The first-order valence-electron chi connectivity index (χ1n) is 5.68. The molecular weight excluding hydrogens is 296 g/mol. The highest BCUT2D eigenvalue weighted by atomic mass is 19.4. The molecule has 0 aliphatic heterocycles. The van der Waals surface area contributed by atoms with Gasteiger partial charge in [-0.25, -0.2) is 0 Å². The minimum Gasteiger partial charge on any atom is -0.351 e. The summed E-state index contributed by atoms with van der Waals surface area (Å²) in [5.41, 5.74) is 0. The van der Waals surface area contributed by atoms with Crippen molar-refractivity contribution in [2.75, 3.05) is 19.8 Å². The lowest BCUT2D eigenvalue weighted by atomic mass is 10.1. The van der Waals surface area contributed by atoms with E-state index in [1.807, 2.05) is 0 Å². The average molecular weight is 311 g/mol. The smallest absolute Gasteiger partial charge is 0.351 e. The van der Waals surface area contributed by atoms with Gasteiger partial charge in [-0.3, -0.25) is 4.79 Å². The fourth-order valence-electron chi connectivity index (χ4n) is 1.31. The molecule has 0 aromatic carbocycles. The number of halogens is 6. The Bertz CT molecular complexity index is 284. The topological polar surface area (TPSA) is 47.6 Å². The maximum atomic E-state index is 12.2. The van der Waals surface area contributed by atoms with Gasteiger partial charge in [-0.15, -0.1) is 0 Å². The molecule has 20 heavy (non-hydrogen) atoms. The van der Waals surface area contributed by atoms with Gasteiger partial charge in [0.2, 0.25) is 11.8 Å². The highest BCUT2D eigenvalue weighted by Gasteiger charge is 2.61. The second kappa shape index (κ2) is 7.67. The Morgan fingerprint density at radius 2 is 1.40 bits per heavy atom. The molecule has 0 radical (unpaired) electrons. The number of alkyl halides is 6. The first-order valence-corrected chi connectivity index (χ1v) is 5.68. The summed E-state index contributed by atoms with van der Waals surface area (Å²) in [6.07, 6.45) is -12.5. The van der Waals surface area contributed by atoms with Crippen LogP contribution in [0.15, 0.2) is 0 Å². The van der Waals surface area contributed by atoms with Gasteiger partial charge in [-0.1, -0.05) is 0 Å². The van der Waals surface area contributed by atoms with Crippen LogP contribution in [0.25, 0.3) is 0 Å². The summed E-state index contributed by atoms with van der Waals surface area (Å²) in [4.78, 5) is 11.1. The molecule has 0 aliphatic carbocycles. The SMILES string of the molecule is CCOC(CNC(=O)C(C(F)(F)F)C(F)(F)F)OCC. The molecule has 0 rings (SSSR count). The lowest BCUT2D eigenvalue weighted by molar-refractivity contribution is -0.274. The summed E-state index contributed by atoms with van der Waals surface area (Å²) in [6, 6.07) is 0. The van der Waals surface area contributed by atoms with Crippen molar-refractivity contribution in [2.45, 2.75) is 32.5 Å². The normalized spacial score (nSPS) is 13.1. The number of rotatable bonds is 7. The summed E-state index contributed by atoms with van der Waals surface area (Å²) in [6.45, 7) is 2.76. The van der Waals surface area contributed by atoms with Crippen molar-refractivity contribution in [1.82, 2.24) is 5.32 Å². The van der Waals surface area contributed by atoms with Crippen molar-refractivity contribution in [2.24, 2.45) is 5.92 Å². The zero-order valence-corrected chi connectivity index (χ0v) is 10.8. The Kier molecular flexibility index (Phi) is 7.28. The fraction of sp³-hybridized carbons (Fsp3) is 0.900.